The minimum Gasteiger partial charge on any atom is -0.321 e. The summed E-state index contributed by atoms with van der Waals surface area (Å²) in [5, 5.41) is 2.03. The summed E-state index contributed by atoms with van der Waals surface area (Å²) in [5.41, 5.74) is 0.309. The number of amides is 1. The lowest BCUT2D eigenvalue weighted by Crippen LogP contribution is -2.16. The van der Waals surface area contributed by atoms with E-state index in [-0.39, 0.29) is 11.4 Å². The van der Waals surface area contributed by atoms with Crippen LogP contribution in [0.3, 0.4) is 0 Å². The molecule has 2 heterocycles. The molecule has 3 aromatic rings. The first-order valence-corrected chi connectivity index (χ1v) is 7.27. The predicted molar refractivity (Wildman–Crippen MR) is 84.3 cm³/mol. The van der Waals surface area contributed by atoms with E-state index in [1.165, 1.54) is 6.07 Å². The fourth-order valence-corrected chi connectivity index (χ4v) is 2.62. The number of nitrogens with zero attached hydrogens (tertiary/aromatic N) is 2. The van der Waals surface area contributed by atoms with E-state index < -0.39 is 22.7 Å². The molecule has 0 aliphatic carbocycles. The van der Waals surface area contributed by atoms with Crippen molar-refractivity contribution in [3.63, 3.8) is 0 Å². The number of aryl methyl sites for hydroxylation is 1. The number of anilines is 1. The van der Waals surface area contributed by atoms with Crippen LogP contribution in [0.15, 0.2) is 42.6 Å². The Balaban J connectivity index is 1.97. The molecule has 24 heavy (non-hydrogen) atoms. The minimum atomic E-state index is -4.60. The number of halogens is 4. The Hall–Kier alpha value is -2.54. The van der Waals surface area contributed by atoms with Gasteiger partial charge in [0.25, 0.3) is 5.91 Å². The summed E-state index contributed by atoms with van der Waals surface area (Å²) in [4.78, 5) is 16.7. The second-order valence-electron chi connectivity index (χ2n) is 5.12. The van der Waals surface area contributed by atoms with Gasteiger partial charge < -0.3 is 5.32 Å². The van der Waals surface area contributed by atoms with Crippen LogP contribution in [-0.2, 0) is 6.18 Å². The van der Waals surface area contributed by atoms with Crippen LogP contribution >= 0.6 is 11.6 Å². The molecule has 8 heteroatoms. The molecule has 4 nitrogen and oxygen atoms in total. The Morgan fingerprint density at radius 3 is 2.71 bits per heavy atom. The molecule has 0 aliphatic rings. The first-order valence-electron chi connectivity index (χ1n) is 6.89. The third-order valence-corrected chi connectivity index (χ3v) is 3.78. The summed E-state index contributed by atoms with van der Waals surface area (Å²) < 4.78 is 40.3. The number of carbonyl (C=O) groups is 1. The minimum absolute atomic E-state index is 0.00186. The SMILES string of the molecule is Cc1nc2ccccn2c1C(=O)Nc1ccc(Cl)c(C(F)(F)F)c1. The summed E-state index contributed by atoms with van der Waals surface area (Å²) in [6, 6.07) is 8.45. The zero-order valence-electron chi connectivity index (χ0n) is 12.4. The van der Waals surface area contributed by atoms with Crippen LogP contribution < -0.4 is 5.32 Å². The van der Waals surface area contributed by atoms with Crippen molar-refractivity contribution in [2.75, 3.05) is 5.32 Å². The number of nitrogens with one attached hydrogen (secondary N) is 1. The second kappa shape index (κ2) is 5.83. The van der Waals surface area contributed by atoms with Crippen LogP contribution in [0.25, 0.3) is 5.65 Å². The third-order valence-electron chi connectivity index (χ3n) is 3.45. The number of pyridine rings is 1. The lowest BCUT2D eigenvalue weighted by atomic mass is 10.2. The Bertz CT molecular complexity index is 934. The first-order chi connectivity index (χ1) is 11.3. The lowest BCUT2D eigenvalue weighted by Gasteiger charge is -2.12. The van der Waals surface area contributed by atoms with Gasteiger partial charge in [-0.05, 0) is 37.3 Å². The molecular formula is C16H11ClF3N3O. The normalized spacial score (nSPS) is 11.7. The zero-order valence-corrected chi connectivity index (χ0v) is 13.1. The topological polar surface area (TPSA) is 46.4 Å². The van der Waals surface area contributed by atoms with Crippen LogP contribution in [0.4, 0.5) is 18.9 Å². The number of rotatable bonds is 2. The van der Waals surface area contributed by atoms with Crippen molar-refractivity contribution in [1.29, 1.82) is 0 Å². The molecule has 0 unspecified atom stereocenters. The van der Waals surface area contributed by atoms with Gasteiger partial charge in [-0.25, -0.2) is 4.98 Å². The van der Waals surface area contributed by atoms with E-state index in [2.05, 4.69) is 10.3 Å². The van der Waals surface area contributed by atoms with Gasteiger partial charge in [0.2, 0.25) is 0 Å². The van der Waals surface area contributed by atoms with E-state index in [4.69, 9.17) is 11.6 Å². The van der Waals surface area contributed by atoms with Crippen molar-refractivity contribution in [2.24, 2.45) is 0 Å². The van der Waals surface area contributed by atoms with E-state index in [0.717, 1.165) is 12.1 Å². The van der Waals surface area contributed by atoms with E-state index in [1.807, 2.05) is 0 Å². The predicted octanol–water partition coefficient (Wildman–Crippen LogP) is 4.57. The van der Waals surface area contributed by atoms with Crippen LogP contribution in [0.5, 0.6) is 0 Å². The van der Waals surface area contributed by atoms with Gasteiger partial charge in [0.05, 0.1) is 16.3 Å². The number of carbonyl (C=O) groups excluding carboxylic acids is 1. The quantitative estimate of drug-likeness (QED) is 0.733. The molecule has 0 spiro atoms. The molecule has 0 saturated carbocycles. The van der Waals surface area contributed by atoms with Gasteiger partial charge in [0.15, 0.2) is 0 Å². The Kier molecular flexibility index (Phi) is 3.96. The molecule has 1 N–H and O–H groups in total. The van der Waals surface area contributed by atoms with Crippen molar-refractivity contribution in [3.05, 3.63) is 64.6 Å². The highest BCUT2D eigenvalue weighted by Gasteiger charge is 2.33. The van der Waals surface area contributed by atoms with Crippen LogP contribution in [-0.4, -0.2) is 15.3 Å². The second-order valence-corrected chi connectivity index (χ2v) is 5.53. The maximum atomic E-state index is 12.9. The molecule has 2 aromatic heterocycles. The van der Waals surface area contributed by atoms with Crippen molar-refractivity contribution in [3.8, 4) is 0 Å². The van der Waals surface area contributed by atoms with Crippen LogP contribution in [0.2, 0.25) is 5.02 Å². The monoisotopic (exact) mass is 353 g/mol. The maximum absolute atomic E-state index is 12.9. The van der Waals surface area contributed by atoms with Crippen molar-refractivity contribution >= 4 is 28.8 Å². The van der Waals surface area contributed by atoms with Gasteiger partial charge in [0.1, 0.15) is 11.3 Å². The smallest absolute Gasteiger partial charge is 0.321 e. The number of hydrogen-bond donors (Lipinski definition) is 1. The van der Waals surface area contributed by atoms with E-state index in [0.29, 0.717) is 11.3 Å². The lowest BCUT2D eigenvalue weighted by molar-refractivity contribution is -0.137. The Morgan fingerprint density at radius 2 is 2.00 bits per heavy atom. The third kappa shape index (κ3) is 2.94. The van der Waals surface area contributed by atoms with Crippen molar-refractivity contribution in [2.45, 2.75) is 13.1 Å². The van der Waals surface area contributed by atoms with E-state index >= 15 is 0 Å². The van der Waals surface area contributed by atoms with Crippen molar-refractivity contribution < 1.29 is 18.0 Å². The largest absolute Gasteiger partial charge is 0.417 e. The Morgan fingerprint density at radius 1 is 1.25 bits per heavy atom. The summed E-state index contributed by atoms with van der Waals surface area (Å²) in [7, 11) is 0. The van der Waals surface area contributed by atoms with Gasteiger partial charge in [-0.3, -0.25) is 9.20 Å². The molecule has 0 aliphatic heterocycles. The van der Waals surface area contributed by atoms with Crippen LogP contribution in [0, 0.1) is 6.92 Å². The molecule has 0 bridgehead atoms. The molecule has 3 rings (SSSR count). The molecular weight excluding hydrogens is 343 g/mol. The van der Waals surface area contributed by atoms with Gasteiger partial charge >= 0.3 is 6.18 Å². The molecule has 1 amide bonds. The molecule has 124 valence electrons. The zero-order chi connectivity index (χ0) is 17.5. The first kappa shape index (κ1) is 16.3. The molecule has 0 atom stereocenters. The van der Waals surface area contributed by atoms with E-state index in [9.17, 15) is 18.0 Å². The molecule has 0 fully saturated rings. The highest BCUT2D eigenvalue weighted by molar-refractivity contribution is 6.31. The number of fused-ring (bicyclic) bond motifs is 1. The summed E-state index contributed by atoms with van der Waals surface area (Å²) in [5.74, 6) is -0.554. The van der Waals surface area contributed by atoms with Gasteiger partial charge in [-0.15, -0.1) is 0 Å². The average molecular weight is 354 g/mol. The fraction of sp³-hybridized carbons (Fsp3) is 0.125. The fourth-order valence-electron chi connectivity index (χ4n) is 2.40. The highest BCUT2D eigenvalue weighted by Crippen LogP contribution is 2.36. The van der Waals surface area contributed by atoms with Crippen LogP contribution in [0.1, 0.15) is 21.7 Å². The van der Waals surface area contributed by atoms with E-state index in [1.54, 1.807) is 35.7 Å². The Labute approximate surface area is 139 Å². The summed E-state index contributed by atoms with van der Waals surface area (Å²) >= 11 is 5.57. The van der Waals surface area contributed by atoms with Gasteiger partial charge in [-0.1, -0.05) is 17.7 Å². The highest BCUT2D eigenvalue weighted by atomic mass is 35.5. The standard InChI is InChI=1S/C16H11ClF3N3O/c1-9-14(23-7-3-2-4-13(23)21-9)15(24)22-10-5-6-12(17)11(8-10)16(18,19)20/h2-8H,1H3,(H,22,24). The molecule has 0 saturated heterocycles. The molecule has 1 aromatic carbocycles. The number of hydrogen-bond acceptors (Lipinski definition) is 2. The molecule has 0 radical (unpaired) electrons. The summed E-state index contributed by atoms with van der Waals surface area (Å²) in [6.45, 7) is 1.66. The summed E-state index contributed by atoms with van der Waals surface area (Å²) in [6.07, 6.45) is -2.94. The van der Waals surface area contributed by atoms with Gasteiger partial charge in [-0.2, -0.15) is 13.2 Å². The number of alkyl halides is 3. The maximum Gasteiger partial charge on any atom is 0.417 e. The van der Waals surface area contributed by atoms with Crippen molar-refractivity contribution in [1.82, 2.24) is 9.38 Å². The number of aromatic nitrogens is 2. The average Bonchev–Trinajstić information content (AvgIpc) is 2.83. The number of benzene rings is 1. The number of imidazole rings is 1. The van der Waals surface area contributed by atoms with Gasteiger partial charge in [0, 0.05) is 11.9 Å².